The van der Waals surface area contributed by atoms with E-state index in [-0.39, 0.29) is 22.5 Å². The van der Waals surface area contributed by atoms with Crippen molar-refractivity contribution in [2.75, 3.05) is 0 Å². The van der Waals surface area contributed by atoms with Crippen LogP contribution in [0.15, 0.2) is 32.9 Å². The van der Waals surface area contributed by atoms with Crippen molar-refractivity contribution >= 4 is 47.8 Å². The highest BCUT2D eigenvalue weighted by Gasteiger charge is 2.11. The minimum Gasteiger partial charge on any atom is -0.324 e. The Hall–Kier alpha value is -3.94. The molecule has 26 heavy (non-hydrogen) atoms. The first-order valence-electron chi connectivity index (χ1n) is 7.83. The largest absolute Gasteiger partial charge is 0.324 e. The van der Waals surface area contributed by atoms with Crippen molar-refractivity contribution in [2.45, 2.75) is 0 Å². The Morgan fingerprint density at radius 3 is 2.65 bits per heavy atom. The monoisotopic (exact) mass is 342 g/mol. The molecule has 0 saturated carbocycles. The number of nitrogens with zero attached hydrogens (tertiary/aromatic N) is 4. The Bertz CT molecular complexity index is 1420. The van der Waals surface area contributed by atoms with Gasteiger partial charge in [-0.2, -0.15) is 0 Å². The molecule has 2 N–H and O–H groups in total. The van der Waals surface area contributed by atoms with Gasteiger partial charge in [-0.15, -0.1) is 0 Å². The SMILES string of the molecule is O=c1c2c3nc(nc4c(=O)c(c5cnc([nH]c1=CC=C2)[nH]5)=CC=C4)N=C3. The molecule has 0 fully saturated rings. The number of aromatic amines is 2. The Morgan fingerprint density at radius 2 is 1.73 bits per heavy atom. The summed E-state index contributed by atoms with van der Waals surface area (Å²) in [5.74, 6) is 0.497. The highest BCUT2D eigenvalue weighted by Crippen LogP contribution is 2.11. The quantitative estimate of drug-likeness (QED) is 0.585. The molecule has 0 radical (unpaired) electrons. The summed E-state index contributed by atoms with van der Waals surface area (Å²) in [6.07, 6.45) is 13.1. The van der Waals surface area contributed by atoms with Crippen LogP contribution in [0.5, 0.6) is 0 Å². The lowest BCUT2D eigenvalue weighted by molar-refractivity contribution is 1.15. The summed E-state index contributed by atoms with van der Waals surface area (Å²) in [7, 11) is 0. The number of imidazole rings is 1. The maximum Gasteiger partial charge on any atom is 0.250 e. The fourth-order valence-electron chi connectivity index (χ4n) is 2.89. The van der Waals surface area contributed by atoms with E-state index in [0.29, 0.717) is 33.1 Å². The second-order valence-corrected chi connectivity index (χ2v) is 5.77. The predicted molar refractivity (Wildman–Crippen MR) is 98.5 cm³/mol. The van der Waals surface area contributed by atoms with Gasteiger partial charge in [-0.05, 0) is 24.3 Å². The number of hydrogen-bond acceptors (Lipinski definition) is 6. The fourth-order valence-corrected chi connectivity index (χ4v) is 2.89. The number of nitrogens with one attached hydrogen (secondary N) is 2. The number of rotatable bonds is 0. The Morgan fingerprint density at radius 1 is 0.885 bits per heavy atom. The van der Waals surface area contributed by atoms with E-state index in [1.54, 1.807) is 36.5 Å². The van der Waals surface area contributed by atoms with Gasteiger partial charge in [0, 0.05) is 5.22 Å². The van der Waals surface area contributed by atoms with Crippen molar-refractivity contribution in [3.63, 3.8) is 0 Å². The smallest absolute Gasteiger partial charge is 0.250 e. The van der Waals surface area contributed by atoms with Crippen molar-refractivity contribution in [1.82, 2.24) is 24.9 Å². The third-order valence-electron chi connectivity index (χ3n) is 4.15. The highest BCUT2D eigenvalue weighted by molar-refractivity contribution is 5.87. The van der Waals surface area contributed by atoms with Crippen molar-refractivity contribution in [3.8, 4) is 0 Å². The van der Waals surface area contributed by atoms with E-state index in [9.17, 15) is 9.59 Å². The number of aliphatic imine (C=N–C) groups is 1. The number of allylic oxidation sites excluding steroid dienone is 2. The molecular formula is C18H10N6O2. The van der Waals surface area contributed by atoms with Crippen LogP contribution in [-0.4, -0.2) is 31.1 Å². The molecule has 0 aromatic carbocycles. The second kappa shape index (κ2) is 5.28. The van der Waals surface area contributed by atoms with E-state index in [1.165, 1.54) is 12.4 Å². The van der Waals surface area contributed by atoms with Crippen LogP contribution >= 0.6 is 0 Å². The first-order chi connectivity index (χ1) is 12.7. The zero-order chi connectivity index (χ0) is 17.7. The van der Waals surface area contributed by atoms with Crippen LogP contribution in [0.25, 0.3) is 35.6 Å². The van der Waals surface area contributed by atoms with Crippen LogP contribution in [-0.2, 0) is 0 Å². The second-order valence-electron chi connectivity index (χ2n) is 5.77. The van der Waals surface area contributed by atoms with E-state index in [1.807, 2.05) is 0 Å². The van der Waals surface area contributed by atoms with Crippen molar-refractivity contribution in [1.29, 1.82) is 0 Å². The molecular weight excluding hydrogens is 332 g/mol. The van der Waals surface area contributed by atoms with Gasteiger partial charge in [0.1, 0.15) is 5.69 Å². The normalized spacial score (nSPS) is 13.8. The molecule has 2 aromatic heterocycles. The lowest BCUT2D eigenvalue weighted by atomic mass is 10.1. The van der Waals surface area contributed by atoms with E-state index in [0.717, 1.165) is 0 Å². The van der Waals surface area contributed by atoms with Gasteiger partial charge in [-0.25, -0.2) is 19.9 Å². The van der Waals surface area contributed by atoms with Gasteiger partial charge in [0.2, 0.25) is 16.6 Å². The van der Waals surface area contributed by atoms with E-state index < -0.39 is 0 Å². The molecule has 0 spiro atoms. The lowest BCUT2D eigenvalue weighted by Crippen LogP contribution is -2.30. The van der Waals surface area contributed by atoms with E-state index in [4.69, 9.17) is 0 Å². The lowest BCUT2D eigenvalue weighted by Gasteiger charge is -1.96. The fraction of sp³-hybridized carbons (Fsp3) is 0. The first-order valence-corrected chi connectivity index (χ1v) is 7.83. The van der Waals surface area contributed by atoms with Crippen molar-refractivity contribution < 1.29 is 0 Å². The van der Waals surface area contributed by atoms with Gasteiger partial charge in [-0.3, -0.25) is 9.59 Å². The molecule has 2 aromatic rings. The molecule has 1 aliphatic heterocycles. The van der Waals surface area contributed by atoms with Gasteiger partial charge in [0.15, 0.2) is 0 Å². The van der Waals surface area contributed by atoms with E-state index in [2.05, 4.69) is 29.9 Å². The molecule has 3 heterocycles. The van der Waals surface area contributed by atoms with Crippen LogP contribution in [0.1, 0.15) is 17.0 Å². The molecule has 3 aliphatic rings. The Balaban J connectivity index is 2.06. The zero-order valence-corrected chi connectivity index (χ0v) is 13.2. The summed E-state index contributed by atoms with van der Waals surface area (Å²) >= 11 is 0. The average Bonchev–Trinajstić information content (AvgIpc) is 3.28. The average molecular weight is 342 g/mol. The van der Waals surface area contributed by atoms with Gasteiger partial charge >= 0.3 is 0 Å². The maximum absolute atomic E-state index is 12.7. The summed E-state index contributed by atoms with van der Waals surface area (Å²) in [4.78, 5) is 48.3. The third kappa shape index (κ3) is 2.16. The number of fused-ring (bicyclic) bond motifs is 10. The molecule has 0 unspecified atom stereocenters. The summed E-state index contributed by atoms with van der Waals surface area (Å²) in [6, 6.07) is 0. The summed E-state index contributed by atoms with van der Waals surface area (Å²) in [5, 5.41) is 0.768. The van der Waals surface area contributed by atoms with Crippen LogP contribution in [0.3, 0.4) is 0 Å². The van der Waals surface area contributed by atoms with Crippen LogP contribution < -0.4 is 21.4 Å². The molecule has 8 nitrogen and oxygen atoms in total. The van der Waals surface area contributed by atoms with Gasteiger partial charge < -0.3 is 9.97 Å². The molecule has 5 rings (SSSR count). The summed E-state index contributed by atoms with van der Waals surface area (Å²) < 4.78 is 0. The topological polar surface area (TPSA) is 117 Å². The van der Waals surface area contributed by atoms with Gasteiger partial charge in [0.25, 0.3) is 5.95 Å². The molecule has 8 bridgehead atoms. The molecule has 2 aliphatic carbocycles. The third-order valence-corrected chi connectivity index (χ3v) is 4.15. The molecule has 124 valence electrons. The summed E-state index contributed by atoms with van der Waals surface area (Å²) in [6.45, 7) is 0. The minimum absolute atomic E-state index is 0.134. The standard InChI is InChI=1S/C18H10N6O2/c25-15-9-3-1-5-11(15)21-17-20-8-14(24-17)10-4-2-6-12(16(10)26)22-18-19-7-13(9)23-18/h1-8H,(H2,19,22,23). The number of H-pyrrole nitrogens is 2. The van der Waals surface area contributed by atoms with Crippen LogP contribution in [0.2, 0.25) is 0 Å². The molecule has 8 heteroatoms. The minimum atomic E-state index is -0.255. The highest BCUT2D eigenvalue weighted by atomic mass is 16.1. The summed E-state index contributed by atoms with van der Waals surface area (Å²) in [5.41, 5.74) is 1.06. The van der Waals surface area contributed by atoms with Crippen molar-refractivity contribution in [3.05, 3.63) is 66.3 Å². The molecule has 0 amide bonds. The van der Waals surface area contributed by atoms with Crippen molar-refractivity contribution in [2.24, 2.45) is 4.99 Å². The Labute approximate surface area is 144 Å². The predicted octanol–water partition coefficient (Wildman–Crippen LogP) is -0.233. The maximum atomic E-state index is 12.7. The number of hydrogen-bond donors (Lipinski definition) is 2. The molecule has 0 atom stereocenters. The van der Waals surface area contributed by atoms with E-state index >= 15 is 0 Å². The Kier molecular flexibility index (Phi) is 2.93. The zero-order valence-electron chi connectivity index (χ0n) is 13.2. The van der Waals surface area contributed by atoms with Crippen LogP contribution in [0.4, 0.5) is 5.95 Å². The van der Waals surface area contributed by atoms with Gasteiger partial charge in [0.05, 0.1) is 34.5 Å². The number of aromatic nitrogens is 5. The van der Waals surface area contributed by atoms with Gasteiger partial charge in [-0.1, -0.05) is 12.2 Å². The molecule has 0 saturated heterocycles. The van der Waals surface area contributed by atoms with Crippen LogP contribution in [0, 0.1) is 0 Å². The first kappa shape index (κ1) is 14.4.